The third-order valence-electron chi connectivity index (χ3n) is 5.09. The lowest BCUT2D eigenvalue weighted by molar-refractivity contribution is 0.630. The Balaban J connectivity index is 1.60. The van der Waals surface area contributed by atoms with Gasteiger partial charge < -0.3 is 9.80 Å². The predicted octanol–water partition coefficient (Wildman–Crippen LogP) is 3.71. The Kier molecular flexibility index (Phi) is 3.99. The minimum atomic E-state index is -0.259. The number of aryl methyl sites for hydroxylation is 1. The fourth-order valence-electron chi connectivity index (χ4n) is 3.53. The smallest absolute Gasteiger partial charge is 0.142 e. The van der Waals surface area contributed by atoms with Crippen LogP contribution >= 0.6 is 0 Å². The number of hydrogen-bond donors (Lipinski definition) is 0. The Morgan fingerprint density at radius 1 is 0.880 bits per heavy atom. The highest BCUT2D eigenvalue weighted by molar-refractivity contribution is 5.90. The van der Waals surface area contributed by atoms with Crippen LogP contribution in [0.15, 0.2) is 42.7 Å². The maximum absolute atomic E-state index is 14.3. The number of aromatic nitrogens is 2. The maximum atomic E-state index is 14.3. The van der Waals surface area contributed by atoms with E-state index in [9.17, 15) is 4.39 Å². The fraction of sp³-hybridized carbons (Fsp3) is 0.300. The summed E-state index contributed by atoms with van der Waals surface area (Å²) in [5.74, 6) is 0.439. The zero-order valence-corrected chi connectivity index (χ0v) is 14.5. The van der Waals surface area contributed by atoms with Gasteiger partial charge in [-0.05, 0) is 43.2 Å². The normalized spacial score (nSPS) is 15.0. The van der Waals surface area contributed by atoms with Crippen LogP contribution in [0.25, 0.3) is 10.9 Å². The molecule has 0 amide bonds. The summed E-state index contributed by atoms with van der Waals surface area (Å²) < 4.78 is 14.3. The van der Waals surface area contributed by atoms with Crippen molar-refractivity contribution in [1.82, 2.24) is 9.97 Å². The van der Waals surface area contributed by atoms with Crippen molar-refractivity contribution < 1.29 is 4.39 Å². The fourth-order valence-corrected chi connectivity index (χ4v) is 3.53. The van der Waals surface area contributed by atoms with Gasteiger partial charge in [0.2, 0.25) is 0 Å². The number of benzene rings is 2. The third kappa shape index (κ3) is 2.80. The van der Waals surface area contributed by atoms with Crippen molar-refractivity contribution in [3.8, 4) is 0 Å². The first kappa shape index (κ1) is 15.8. The van der Waals surface area contributed by atoms with Crippen LogP contribution < -0.4 is 9.80 Å². The number of hydrogen-bond acceptors (Lipinski definition) is 4. The highest BCUT2D eigenvalue weighted by Crippen LogP contribution is 2.28. The Morgan fingerprint density at radius 2 is 1.60 bits per heavy atom. The van der Waals surface area contributed by atoms with Gasteiger partial charge in [0.25, 0.3) is 0 Å². The van der Waals surface area contributed by atoms with Crippen molar-refractivity contribution in [2.75, 3.05) is 36.0 Å². The standard InChI is InChI=1S/C20H21FN4/c1-14-5-3-8-18(15(14)2)24-9-11-25(12-10-24)20-19-16(21)6-4-7-17(19)22-13-23-20/h3-8,13H,9-12H2,1-2H3. The molecule has 3 aromatic rings. The van der Waals surface area contributed by atoms with Gasteiger partial charge in [0.05, 0.1) is 10.9 Å². The van der Waals surface area contributed by atoms with E-state index in [1.807, 2.05) is 6.07 Å². The molecule has 1 aliphatic rings. The van der Waals surface area contributed by atoms with Gasteiger partial charge in [-0.15, -0.1) is 0 Å². The number of nitrogens with zero attached hydrogens (tertiary/aromatic N) is 4. The summed E-state index contributed by atoms with van der Waals surface area (Å²) in [6.45, 7) is 7.73. The highest BCUT2D eigenvalue weighted by Gasteiger charge is 2.22. The van der Waals surface area contributed by atoms with Crippen LogP contribution in [0.1, 0.15) is 11.1 Å². The molecule has 1 aliphatic heterocycles. The number of rotatable bonds is 2. The summed E-state index contributed by atoms with van der Waals surface area (Å²) in [5.41, 5.74) is 4.58. The SMILES string of the molecule is Cc1cccc(N2CCN(c3ncnc4cccc(F)c34)CC2)c1C. The molecule has 5 heteroatoms. The first-order valence-electron chi connectivity index (χ1n) is 8.60. The number of piperazine rings is 1. The molecule has 1 fully saturated rings. The Morgan fingerprint density at radius 3 is 2.40 bits per heavy atom. The second-order valence-electron chi connectivity index (χ2n) is 6.52. The Bertz CT molecular complexity index is 911. The molecule has 0 unspecified atom stereocenters. The van der Waals surface area contributed by atoms with E-state index in [4.69, 9.17) is 0 Å². The summed E-state index contributed by atoms with van der Waals surface area (Å²) in [7, 11) is 0. The van der Waals surface area contributed by atoms with Gasteiger partial charge in [0.1, 0.15) is 18.0 Å². The van der Waals surface area contributed by atoms with Crippen molar-refractivity contribution in [1.29, 1.82) is 0 Å². The number of fused-ring (bicyclic) bond motifs is 1. The van der Waals surface area contributed by atoms with Gasteiger partial charge in [-0.3, -0.25) is 0 Å². The van der Waals surface area contributed by atoms with Gasteiger partial charge in [-0.25, -0.2) is 14.4 Å². The van der Waals surface area contributed by atoms with Crippen LogP contribution in [0.3, 0.4) is 0 Å². The molecular weight excluding hydrogens is 315 g/mol. The third-order valence-corrected chi connectivity index (χ3v) is 5.09. The van der Waals surface area contributed by atoms with E-state index in [2.05, 4.69) is 51.8 Å². The van der Waals surface area contributed by atoms with Crippen LogP contribution in [0.5, 0.6) is 0 Å². The topological polar surface area (TPSA) is 32.3 Å². The largest absolute Gasteiger partial charge is 0.368 e. The minimum Gasteiger partial charge on any atom is -0.368 e. The second kappa shape index (κ2) is 6.31. The van der Waals surface area contributed by atoms with Crippen LogP contribution in [-0.4, -0.2) is 36.1 Å². The zero-order chi connectivity index (χ0) is 17.4. The lowest BCUT2D eigenvalue weighted by Gasteiger charge is -2.37. The van der Waals surface area contributed by atoms with Crippen molar-refractivity contribution in [2.24, 2.45) is 0 Å². The van der Waals surface area contributed by atoms with Crippen molar-refractivity contribution >= 4 is 22.4 Å². The van der Waals surface area contributed by atoms with Crippen LogP contribution in [0, 0.1) is 19.7 Å². The maximum Gasteiger partial charge on any atom is 0.142 e. The quantitative estimate of drug-likeness (QED) is 0.714. The van der Waals surface area contributed by atoms with E-state index in [0.29, 0.717) is 16.7 Å². The summed E-state index contributed by atoms with van der Waals surface area (Å²) >= 11 is 0. The molecular formula is C20H21FN4. The van der Waals surface area contributed by atoms with Gasteiger partial charge in [0.15, 0.2) is 0 Å². The van der Waals surface area contributed by atoms with E-state index in [-0.39, 0.29) is 5.82 Å². The lowest BCUT2D eigenvalue weighted by Crippen LogP contribution is -2.47. The molecule has 0 aliphatic carbocycles. The van der Waals surface area contributed by atoms with E-state index < -0.39 is 0 Å². The molecule has 0 radical (unpaired) electrons. The lowest BCUT2D eigenvalue weighted by atomic mass is 10.1. The van der Waals surface area contributed by atoms with Crippen LogP contribution in [0.2, 0.25) is 0 Å². The molecule has 2 heterocycles. The molecule has 4 rings (SSSR count). The van der Waals surface area contributed by atoms with Crippen LogP contribution in [0.4, 0.5) is 15.9 Å². The van der Waals surface area contributed by atoms with Gasteiger partial charge in [0, 0.05) is 31.9 Å². The average Bonchev–Trinajstić information content (AvgIpc) is 2.64. The molecule has 0 atom stereocenters. The molecule has 128 valence electrons. The first-order valence-corrected chi connectivity index (χ1v) is 8.60. The molecule has 1 saturated heterocycles. The van der Waals surface area contributed by atoms with Gasteiger partial charge in [-0.1, -0.05) is 18.2 Å². The minimum absolute atomic E-state index is 0.259. The van der Waals surface area contributed by atoms with Crippen molar-refractivity contribution in [3.05, 3.63) is 59.7 Å². The van der Waals surface area contributed by atoms with Crippen molar-refractivity contribution in [3.63, 3.8) is 0 Å². The van der Waals surface area contributed by atoms with E-state index >= 15 is 0 Å². The molecule has 1 aromatic heterocycles. The summed E-state index contributed by atoms with van der Waals surface area (Å²) in [6, 6.07) is 11.4. The predicted molar refractivity (Wildman–Crippen MR) is 99.8 cm³/mol. The Hall–Kier alpha value is -2.69. The average molecular weight is 336 g/mol. The Labute approximate surface area is 146 Å². The summed E-state index contributed by atoms with van der Waals surface area (Å²) in [5, 5.41) is 0.519. The number of anilines is 2. The monoisotopic (exact) mass is 336 g/mol. The van der Waals surface area contributed by atoms with E-state index in [0.717, 1.165) is 26.2 Å². The summed E-state index contributed by atoms with van der Waals surface area (Å²) in [6.07, 6.45) is 1.52. The molecule has 0 saturated carbocycles. The highest BCUT2D eigenvalue weighted by atomic mass is 19.1. The van der Waals surface area contributed by atoms with Crippen molar-refractivity contribution in [2.45, 2.75) is 13.8 Å². The van der Waals surface area contributed by atoms with Crippen LogP contribution in [-0.2, 0) is 0 Å². The molecule has 4 nitrogen and oxygen atoms in total. The van der Waals surface area contributed by atoms with E-state index in [1.54, 1.807) is 6.07 Å². The van der Waals surface area contributed by atoms with E-state index in [1.165, 1.54) is 29.2 Å². The zero-order valence-electron chi connectivity index (χ0n) is 14.5. The molecule has 25 heavy (non-hydrogen) atoms. The van der Waals surface area contributed by atoms with Gasteiger partial charge >= 0.3 is 0 Å². The first-order chi connectivity index (χ1) is 12.1. The molecule has 0 bridgehead atoms. The summed E-state index contributed by atoms with van der Waals surface area (Å²) in [4.78, 5) is 13.1. The second-order valence-corrected chi connectivity index (χ2v) is 6.52. The van der Waals surface area contributed by atoms with Gasteiger partial charge in [-0.2, -0.15) is 0 Å². The molecule has 0 spiro atoms. The number of halogens is 1. The molecule has 0 N–H and O–H groups in total. The molecule has 2 aromatic carbocycles.